The molecule has 0 bridgehead atoms. The zero-order chi connectivity index (χ0) is 20.5. The zero-order valence-corrected chi connectivity index (χ0v) is 17.1. The summed E-state index contributed by atoms with van der Waals surface area (Å²) in [5.41, 5.74) is 2.41. The second kappa shape index (κ2) is 10.3. The first kappa shape index (κ1) is 20.4. The Morgan fingerprint density at radius 1 is 0.897 bits per heavy atom. The van der Waals surface area contributed by atoms with Crippen molar-refractivity contribution in [1.29, 1.82) is 0 Å². The number of rotatable bonds is 10. The molecule has 3 aromatic rings. The number of anilines is 2. The zero-order valence-electron chi connectivity index (χ0n) is 17.1. The van der Waals surface area contributed by atoms with Crippen LogP contribution in [0.15, 0.2) is 55.0 Å². The lowest BCUT2D eigenvalue weighted by Crippen LogP contribution is -2.22. The normalized spacial score (nSPS) is 10.4. The Morgan fingerprint density at radius 2 is 1.69 bits per heavy atom. The summed E-state index contributed by atoms with van der Waals surface area (Å²) < 4.78 is 10.6. The molecule has 0 atom stereocenters. The van der Waals surface area contributed by atoms with E-state index in [1.54, 1.807) is 20.4 Å². The highest BCUT2D eigenvalue weighted by Gasteiger charge is 2.07. The van der Waals surface area contributed by atoms with Crippen LogP contribution in [0, 0.1) is 0 Å². The lowest BCUT2D eigenvalue weighted by atomic mass is 10.1. The number of nitrogens with one attached hydrogen (secondary N) is 1. The van der Waals surface area contributed by atoms with Crippen LogP contribution in [0.25, 0.3) is 0 Å². The van der Waals surface area contributed by atoms with Crippen molar-refractivity contribution < 1.29 is 9.47 Å². The van der Waals surface area contributed by atoms with Crippen LogP contribution in [-0.4, -0.2) is 49.3 Å². The number of pyridine rings is 1. The average molecular weight is 393 g/mol. The molecule has 152 valence electrons. The summed E-state index contributed by atoms with van der Waals surface area (Å²) in [6.45, 7) is 1.59. The lowest BCUT2D eigenvalue weighted by molar-refractivity contribution is 0.354. The topological polar surface area (TPSA) is 72.4 Å². The van der Waals surface area contributed by atoms with Gasteiger partial charge >= 0.3 is 0 Å². The van der Waals surface area contributed by atoms with E-state index in [9.17, 15) is 0 Å². The number of ether oxygens (including phenoxy) is 2. The van der Waals surface area contributed by atoms with Gasteiger partial charge in [0.15, 0.2) is 11.5 Å². The molecule has 3 rings (SSSR count). The highest BCUT2D eigenvalue weighted by atomic mass is 16.5. The quantitative estimate of drug-likeness (QED) is 0.567. The summed E-state index contributed by atoms with van der Waals surface area (Å²) in [6, 6.07) is 11.9. The highest BCUT2D eigenvalue weighted by molar-refractivity contribution is 5.44. The Hall–Kier alpha value is -3.35. The summed E-state index contributed by atoms with van der Waals surface area (Å²) in [7, 11) is 5.32. The van der Waals surface area contributed by atoms with Gasteiger partial charge in [0, 0.05) is 38.7 Å². The van der Waals surface area contributed by atoms with Crippen LogP contribution in [-0.2, 0) is 12.8 Å². The Bertz CT molecular complexity index is 905. The SMILES string of the molecule is COc1ccc(CCNc2nccc(N(C)CCc3ccncc3)n2)cc1OC. The summed E-state index contributed by atoms with van der Waals surface area (Å²) in [6.07, 6.45) is 7.18. The molecule has 0 aliphatic heterocycles. The van der Waals surface area contributed by atoms with Crippen molar-refractivity contribution in [2.45, 2.75) is 12.8 Å². The van der Waals surface area contributed by atoms with Crippen molar-refractivity contribution in [2.24, 2.45) is 0 Å². The van der Waals surface area contributed by atoms with Gasteiger partial charge in [0.05, 0.1) is 14.2 Å². The maximum atomic E-state index is 5.36. The standard InChI is InChI=1S/C22H27N5O2/c1-27(15-10-17-6-11-23-12-7-17)21-9-14-25-22(26-21)24-13-8-18-4-5-19(28-2)20(16-18)29-3/h4-7,9,11-12,14,16H,8,10,13,15H2,1-3H3,(H,24,25,26). The summed E-state index contributed by atoms with van der Waals surface area (Å²) >= 11 is 0. The molecule has 0 aliphatic carbocycles. The van der Waals surface area contributed by atoms with Crippen LogP contribution >= 0.6 is 0 Å². The van der Waals surface area contributed by atoms with Crippen LogP contribution in [0.2, 0.25) is 0 Å². The van der Waals surface area contributed by atoms with E-state index in [2.05, 4.69) is 25.2 Å². The van der Waals surface area contributed by atoms with Crippen molar-refractivity contribution >= 4 is 11.8 Å². The smallest absolute Gasteiger partial charge is 0.224 e. The first-order chi connectivity index (χ1) is 14.2. The number of hydrogen-bond acceptors (Lipinski definition) is 7. The summed E-state index contributed by atoms with van der Waals surface area (Å²) in [4.78, 5) is 15.1. The van der Waals surface area contributed by atoms with Gasteiger partial charge < -0.3 is 19.7 Å². The predicted octanol–water partition coefficient (Wildman–Crippen LogP) is 3.22. The number of aromatic nitrogens is 3. The minimum Gasteiger partial charge on any atom is -0.493 e. The molecule has 0 unspecified atom stereocenters. The van der Waals surface area contributed by atoms with E-state index in [0.717, 1.165) is 48.8 Å². The molecule has 0 fully saturated rings. The molecule has 2 heterocycles. The van der Waals surface area contributed by atoms with Gasteiger partial charge in [0.25, 0.3) is 0 Å². The van der Waals surface area contributed by atoms with Gasteiger partial charge in [-0.3, -0.25) is 4.98 Å². The van der Waals surface area contributed by atoms with E-state index in [1.165, 1.54) is 5.56 Å². The molecule has 0 spiro atoms. The Morgan fingerprint density at radius 3 is 2.45 bits per heavy atom. The minimum atomic E-state index is 0.624. The first-order valence-corrected chi connectivity index (χ1v) is 9.57. The fourth-order valence-electron chi connectivity index (χ4n) is 2.96. The molecule has 7 heteroatoms. The fourth-order valence-corrected chi connectivity index (χ4v) is 2.96. The molecule has 0 radical (unpaired) electrons. The third-order valence-electron chi connectivity index (χ3n) is 4.66. The molecule has 29 heavy (non-hydrogen) atoms. The van der Waals surface area contributed by atoms with Gasteiger partial charge in [0.2, 0.25) is 5.95 Å². The number of nitrogens with zero attached hydrogens (tertiary/aromatic N) is 4. The lowest BCUT2D eigenvalue weighted by Gasteiger charge is -2.18. The largest absolute Gasteiger partial charge is 0.493 e. The van der Waals surface area contributed by atoms with E-state index >= 15 is 0 Å². The molecular formula is C22H27N5O2. The molecule has 0 saturated heterocycles. The van der Waals surface area contributed by atoms with Crippen molar-refractivity contribution in [3.05, 3.63) is 66.1 Å². The third-order valence-corrected chi connectivity index (χ3v) is 4.66. The van der Waals surface area contributed by atoms with Crippen LogP contribution < -0.4 is 19.7 Å². The van der Waals surface area contributed by atoms with Crippen molar-refractivity contribution in [3.63, 3.8) is 0 Å². The highest BCUT2D eigenvalue weighted by Crippen LogP contribution is 2.27. The number of hydrogen-bond donors (Lipinski definition) is 1. The average Bonchev–Trinajstić information content (AvgIpc) is 2.78. The maximum Gasteiger partial charge on any atom is 0.224 e. The maximum absolute atomic E-state index is 5.36. The monoisotopic (exact) mass is 393 g/mol. The molecule has 0 saturated carbocycles. The second-order valence-corrected chi connectivity index (χ2v) is 6.63. The molecule has 0 aliphatic rings. The molecule has 1 N–H and O–H groups in total. The van der Waals surface area contributed by atoms with E-state index in [0.29, 0.717) is 5.95 Å². The van der Waals surface area contributed by atoms with Gasteiger partial charge in [-0.25, -0.2) is 4.98 Å². The summed E-state index contributed by atoms with van der Waals surface area (Å²) in [5.74, 6) is 2.98. The number of methoxy groups -OCH3 is 2. The Balaban J connectivity index is 1.53. The fraction of sp³-hybridized carbons (Fsp3) is 0.318. The van der Waals surface area contributed by atoms with Crippen LogP contribution in [0.4, 0.5) is 11.8 Å². The van der Waals surface area contributed by atoms with E-state index in [-0.39, 0.29) is 0 Å². The number of benzene rings is 1. The van der Waals surface area contributed by atoms with Crippen molar-refractivity contribution in [3.8, 4) is 11.5 Å². The Labute approximate surface area is 171 Å². The number of likely N-dealkylation sites (N-methyl/N-ethyl adjacent to an activating group) is 1. The van der Waals surface area contributed by atoms with Gasteiger partial charge in [-0.2, -0.15) is 4.98 Å². The first-order valence-electron chi connectivity index (χ1n) is 9.57. The van der Waals surface area contributed by atoms with Crippen LogP contribution in [0.1, 0.15) is 11.1 Å². The minimum absolute atomic E-state index is 0.624. The van der Waals surface area contributed by atoms with E-state index < -0.39 is 0 Å². The van der Waals surface area contributed by atoms with Gasteiger partial charge in [0.1, 0.15) is 5.82 Å². The molecule has 1 aromatic carbocycles. The van der Waals surface area contributed by atoms with Crippen molar-refractivity contribution in [1.82, 2.24) is 15.0 Å². The molecule has 2 aromatic heterocycles. The van der Waals surface area contributed by atoms with Gasteiger partial charge in [-0.1, -0.05) is 6.07 Å². The molecular weight excluding hydrogens is 366 g/mol. The molecule has 0 amide bonds. The second-order valence-electron chi connectivity index (χ2n) is 6.63. The summed E-state index contributed by atoms with van der Waals surface area (Å²) in [5, 5.41) is 3.30. The Kier molecular flexibility index (Phi) is 7.22. The van der Waals surface area contributed by atoms with E-state index in [1.807, 2.05) is 55.8 Å². The third kappa shape index (κ3) is 5.81. The predicted molar refractivity (Wildman–Crippen MR) is 115 cm³/mol. The van der Waals surface area contributed by atoms with Crippen LogP contribution in [0.5, 0.6) is 11.5 Å². The van der Waals surface area contributed by atoms with Crippen molar-refractivity contribution in [2.75, 3.05) is 44.6 Å². The van der Waals surface area contributed by atoms with E-state index in [4.69, 9.17) is 9.47 Å². The van der Waals surface area contributed by atoms with Gasteiger partial charge in [-0.05, 0) is 54.3 Å². The van der Waals surface area contributed by atoms with Gasteiger partial charge in [-0.15, -0.1) is 0 Å². The van der Waals surface area contributed by atoms with Crippen LogP contribution in [0.3, 0.4) is 0 Å². The molecule has 7 nitrogen and oxygen atoms in total.